The maximum absolute atomic E-state index is 12.0. The number of hydrogen-bond acceptors (Lipinski definition) is 5. The molecule has 0 radical (unpaired) electrons. The fourth-order valence-electron chi connectivity index (χ4n) is 2.46. The highest BCUT2D eigenvalue weighted by molar-refractivity contribution is 9.10. The van der Waals surface area contributed by atoms with Crippen LogP contribution in [0, 0.1) is 0 Å². The van der Waals surface area contributed by atoms with E-state index in [0.717, 1.165) is 4.47 Å². The lowest BCUT2D eigenvalue weighted by atomic mass is 10.1. The fraction of sp³-hybridized carbons (Fsp3) is 0.190. The largest absolute Gasteiger partial charge is 0.504 e. The van der Waals surface area contributed by atoms with Crippen LogP contribution in [0.25, 0.3) is 0 Å². The van der Waals surface area contributed by atoms with Crippen LogP contribution in [0.4, 0.5) is 5.69 Å². The van der Waals surface area contributed by atoms with Crippen LogP contribution in [-0.2, 0) is 16.0 Å². The zero-order valence-electron chi connectivity index (χ0n) is 15.9. The van der Waals surface area contributed by atoms with Gasteiger partial charge in [-0.15, -0.1) is 6.58 Å². The molecule has 29 heavy (non-hydrogen) atoms. The van der Waals surface area contributed by atoms with Crippen molar-refractivity contribution in [3.63, 3.8) is 0 Å². The van der Waals surface area contributed by atoms with Gasteiger partial charge < -0.3 is 15.2 Å². The number of ether oxygens (including phenoxy) is 1. The molecule has 0 aliphatic carbocycles. The predicted molar refractivity (Wildman–Crippen MR) is 116 cm³/mol. The van der Waals surface area contributed by atoms with Crippen molar-refractivity contribution in [1.29, 1.82) is 0 Å². The van der Waals surface area contributed by atoms with E-state index in [1.165, 1.54) is 6.21 Å². The molecule has 0 spiro atoms. The molecule has 2 amide bonds. The summed E-state index contributed by atoms with van der Waals surface area (Å²) in [6.07, 6.45) is 3.16. The van der Waals surface area contributed by atoms with Crippen LogP contribution in [0.15, 0.2) is 58.6 Å². The first-order chi connectivity index (χ1) is 13.9. The summed E-state index contributed by atoms with van der Waals surface area (Å²) in [5.74, 6) is -0.633. The number of carbonyl (C=O) groups excluding carboxylic acids is 2. The van der Waals surface area contributed by atoms with E-state index < -0.39 is 11.8 Å². The number of allylic oxidation sites excluding steroid dienone is 1. The van der Waals surface area contributed by atoms with E-state index in [-0.39, 0.29) is 12.2 Å². The molecule has 2 aromatic carbocycles. The van der Waals surface area contributed by atoms with Crippen LogP contribution in [0.5, 0.6) is 11.5 Å². The van der Waals surface area contributed by atoms with Gasteiger partial charge in [-0.2, -0.15) is 5.10 Å². The monoisotopic (exact) mass is 459 g/mol. The Morgan fingerprint density at radius 2 is 2.03 bits per heavy atom. The van der Waals surface area contributed by atoms with Crippen LogP contribution >= 0.6 is 15.9 Å². The van der Waals surface area contributed by atoms with Crippen molar-refractivity contribution in [3.8, 4) is 11.5 Å². The van der Waals surface area contributed by atoms with E-state index in [1.54, 1.807) is 36.4 Å². The summed E-state index contributed by atoms with van der Waals surface area (Å²) in [5, 5.41) is 16.7. The summed E-state index contributed by atoms with van der Waals surface area (Å²) in [7, 11) is 0. The van der Waals surface area contributed by atoms with Gasteiger partial charge in [0.2, 0.25) is 11.8 Å². The van der Waals surface area contributed by atoms with E-state index in [1.807, 2.05) is 13.0 Å². The average Bonchev–Trinajstić information content (AvgIpc) is 2.67. The Morgan fingerprint density at radius 3 is 2.72 bits per heavy atom. The van der Waals surface area contributed by atoms with Crippen LogP contribution in [0.3, 0.4) is 0 Å². The van der Waals surface area contributed by atoms with Crippen molar-refractivity contribution in [1.82, 2.24) is 5.43 Å². The molecule has 0 saturated carbocycles. The normalized spacial score (nSPS) is 10.6. The molecule has 0 atom stereocenters. The van der Waals surface area contributed by atoms with Gasteiger partial charge in [-0.05, 0) is 59.1 Å². The highest BCUT2D eigenvalue weighted by Crippen LogP contribution is 2.32. The molecular formula is C21H22BrN3O4. The van der Waals surface area contributed by atoms with Crippen molar-refractivity contribution < 1.29 is 19.4 Å². The van der Waals surface area contributed by atoms with Gasteiger partial charge in [-0.1, -0.05) is 18.2 Å². The van der Waals surface area contributed by atoms with Crippen molar-refractivity contribution in [2.75, 3.05) is 11.9 Å². The summed E-state index contributed by atoms with van der Waals surface area (Å²) in [6, 6.07) is 10.4. The minimum atomic E-state index is -0.555. The highest BCUT2D eigenvalue weighted by Gasteiger charge is 2.11. The lowest BCUT2D eigenvalue weighted by Gasteiger charge is -2.10. The molecule has 3 N–H and O–H groups in total. The maximum atomic E-state index is 12.0. The number of anilines is 1. The standard InChI is InChI=1S/C21H22BrN3O4/c1-3-7-15-10-14(11-18(21(15)28)29-4-2)13-23-25-20(27)12-19(26)24-17-9-6-5-8-16(17)22/h3,5-6,8-11,13,28H,1,4,7,12H2,2H3,(H,24,26)(H,25,27)/b23-13+. The number of phenols is 1. The SMILES string of the molecule is C=CCc1cc(/C=N/NC(=O)CC(=O)Nc2ccccc2Br)cc(OCC)c1O. The number of nitrogens with one attached hydrogen (secondary N) is 2. The molecular weight excluding hydrogens is 438 g/mol. The first-order valence-corrected chi connectivity index (χ1v) is 9.69. The number of hydrogen-bond donors (Lipinski definition) is 3. The number of amides is 2. The van der Waals surface area contributed by atoms with Crippen molar-refractivity contribution >= 4 is 39.6 Å². The van der Waals surface area contributed by atoms with Gasteiger partial charge in [0.25, 0.3) is 0 Å². The van der Waals surface area contributed by atoms with E-state index in [4.69, 9.17) is 4.74 Å². The maximum Gasteiger partial charge on any atom is 0.249 e. The molecule has 0 saturated heterocycles. The number of nitrogens with zero attached hydrogens (tertiary/aromatic N) is 1. The Morgan fingerprint density at radius 1 is 1.28 bits per heavy atom. The third-order valence-electron chi connectivity index (χ3n) is 3.71. The summed E-state index contributed by atoms with van der Waals surface area (Å²) in [4.78, 5) is 23.9. The van der Waals surface area contributed by atoms with Gasteiger partial charge in [0.05, 0.1) is 18.5 Å². The second-order valence-electron chi connectivity index (χ2n) is 5.95. The molecule has 0 heterocycles. The minimum Gasteiger partial charge on any atom is -0.504 e. The van der Waals surface area contributed by atoms with Crippen LogP contribution in [0.2, 0.25) is 0 Å². The Balaban J connectivity index is 1.97. The zero-order chi connectivity index (χ0) is 21.2. The molecule has 0 aliphatic rings. The third-order valence-corrected chi connectivity index (χ3v) is 4.40. The predicted octanol–water partition coefficient (Wildman–Crippen LogP) is 3.76. The molecule has 0 bridgehead atoms. The molecule has 2 rings (SSSR count). The number of aromatic hydroxyl groups is 1. The fourth-order valence-corrected chi connectivity index (χ4v) is 2.85. The minimum absolute atomic E-state index is 0.0525. The number of halogens is 1. The molecule has 0 unspecified atom stereocenters. The quantitative estimate of drug-likeness (QED) is 0.230. The summed E-state index contributed by atoms with van der Waals surface area (Å²) < 4.78 is 6.14. The molecule has 152 valence electrons. The number of rotatable bonds is 9. The lowest BCUT2D eigenvalue weighted by molar-refractivity contribution is -0.126. The molecule has 0 fully saturated rings. The topological polar surface area (TPSA) is 100 Å². The number of phenolic OH excluding ortho intramolecular Hbond substituents is 1. The van der Waals surface area contributed by atoms with Crippen LogP contribution < -0.4 is 15.5 Å². The van der Waals surface area contributed by atoms with E-state index >= 15 is 0 Å². The summed E-state index contributed by atoms with van der Waals surface area (Å²) >= 11 is 3.32. The highest BCUT2D eigenvalue weighted by atomic mass is 79.9. The van der Waals surface area contributed by atoms with Gasteiger partial charge in [0.1, 0.15) is 6.42 Å². The molecule has 2 aromatic rings. The molecule has 0 aliphatic heterocycles. The van der Waals surface area contributed by atoms with E-state index in [9.17, 15) is 14.7 Å². The Bertz CT molecular complexity index is 928. The van der Waals surface area contributed by atoms with Gasteiger partial charge in [-0.3, -0.25) is 9.59 Å². The first kappa shape index (κ1) is 22.2. The third kappa shape index (κ3) is 6.76. The molecule has 8 heteroatoms. The average molecular weight is 460 g/mol. The molecule has 0 aromatic heterocycles. The van der Waals surface area contributed by atoms with Gasteiger partial charge in [-0.25, -0.2) is 5.43 Å². The van der Waals surface area contributed by atoms with E-state index in [0.29, 0.717) is 35.6 Å². The van der Waals surface area contributed by atoms with Crippen molar-refractivity contribution in [2.24, 2.45) is 5.10 Å². The van der Waals surface area contributed by atoms with Crippen LogP contribution in [0.1, 0.15) is 24.5 Å². The van der Waals surface area contributed by atoms with Gasteiger partial charge in [0.15, 0.2) is 11.5 Å². The van der Waals surface area contributed by atoms with Crippen molar-refractivity contribution in [3.05, 3.63) is 64.7 Å². The van der Waals surface area contributed by atoms with E-state index in [2.05, 4.69) is 38.4 Å². The lowest BCUT2D eigenvalue weighted by Crippen LogP contribution is -2.24. The van der Waals surface area contributed by atoms with Gasteiger partial charge >= 0.3 is 0 Å². The Hall–Kier alpha value is -3.13. The summed E-state index contributed by atoms with van der Waals surface area (Å²) in [5.41, 5.74) is 4.15. The van der Waals surface area contributed by atoms with Crippen LogP contribution in [-0.4, -0.2) is 29.7 Å². The summed E-state index contributed by atoms with van der Waals surface area (Å²) in [6.45, 7) is 5.87. The number of para-hydroxylation sites is 1. The second kappa shape index (κ2) is 11.0. The Labute approximate surface area is 177 Å². The first-order valence-electron chi connectivity index (χ1n) is 8.90. The molecule has 7 nitrogen and oxygen atoms in total. The van der Waals surface area contributed by atoms with Crippen molar-refractivity contribution in [2.45, 2.75) is 19.8 Å². The number of benzene rings is 2. The zero-order valence-corrected chi connectivity index (χ0v) is 17.5. The van der Waals surface area contributed by atoms with Gasteiger partial charge in [0, 0.05) is 10.0 Å². The smallest absolute Gasteiger partial charge is 0.249 e. The number of carbonyl (C=O) groups is 2. The Kier molecular flexibility index (Phi) is 8.42. The number of hydrazone groups is 1. The second-order valence-corrected chi connectivity index (χ2v) is 6.80.